The molecule has 0 saturated carbocycles. The second-order valence-corrected chi connectivity index (χ2v) is 10.0. The fourth-order valence-corrected chi connectivity index (χ4v) is 4.25. The standard InChI is InChI=1S/C26H22Cl3N3O3S/c1-13(2)15-4-8-23-21(10-15)31-25(35-23)18-12-17(6-7-19(18)28)30-26(36)32-24(33)14(3)34-22-9-5-16(27)11-20(22)29/h4-14H,1-3H3,(H2,30,32,33,36). The molecular formula is C26H22Cl3N3O3S. The van der Waals surface area contributed by atoms with Crippen LogP contribution in [0.3, 0.4) is 0 Å². The first-order chi connectivity index (χ1) is 17.1. The quantitative estimate of drug-likeness (QED) is 0.233. The van der Waals surface area contributed by atoms with Crippen LogP contribution in [0.1, 0.15) is 32.3 Å². The van der Waals surface area contributed by atoms with E-state index in [9.17, 15) is 4.79 Å². The van der Waals surface area contributed by atoms with Crippen LogP contribution in [-0.2, 0) is 4.79 Å². The fraction of sp³-hybridized carbons (Fsp3) is 0.192. The zero-order chi connectivity index (χ0) is 26.0. The van der Waals surface area contributed by atoms with Crippen LogP contribution < -0.4 is 15.4 Å². The Morgan fingerprint density at radius 1 is 1.00 bits per heavy atom. The summed E-state index contributed by atoms with van der Waals surface area (Å²) in [6.45, 7) is 5.83. The molecule has 0 spiro atoms. The molecule has 0 fully saturated rings. The summed E-state index contributed by atoms with van der Waals surface area (Å²) < 4.78 is 11.6. The van der Waals surface area contributed by atoms with E-state index >= 15 is 0 Å². The van der Waals surface area contributed by atoms with Gasteiger partial charge in [0.1, 0.15) is 11.3 Å². The van der Waals surface area contributed by atoms with E-state index in [0.717, 1.165) is 5.52 Å². The number of nitrogens with one attached hydrogen (secondary N) is 2. The summed E-state index contributed by atoms with van der Waals surface area (Å²) in [5, 5.41) is 6.91. The number of hydrogen-bond donors (Lipinski definition) is 2. The van der Waals surface area contributed by atoms with Gasteiger partial charge < -0.3 is 14.5 Å². The van der Waals surface area contributed by atoms with Crippen LogP contribution in [0.15, 0.2) is 59.0 Å². The first-order valence-electron chi connectivity index (χ1n) is 11.0. The SMILES string of the molecule is CC(Oc1ccc(Cl)cc1Cl)C(=O)NC(=S)Nc1ccc(Cl)c(-c2nc3cc(C(C)C)ccc3o2)c1. The fourth-order valence-electron chi connectivity index (χ4n) is 3.38. The van der Waals surface area contributed by atoms with Crippen molar-refractivity contribution in [2.45, 2.75) is 32.8 Å². The number of amides is 1. The molecule has 1 atom stereocenters. The number of nitrogens with zero attached hydrogens (tertiary/aromatic N) is 1. The Morgan fingerprint density at radius 2 is 1.78 bits per heavy atom. The van der Waals surface area contributed by atoms with Gasteiger partial charge in [0.15, 0.2) is 16.8 Å². The van der Waals surface area contributed by atoms with Gasteiger partial charge in [-0.1, -0.05) is 54.7 Å². The maximum Gasteiger partial charge on any atom is 0.266 e. The molecule has 0 bridgehead atoms. The Kier molecular flexibility index (Phi) is 8.05. The van der Waals surface area contributed by atoms with Crippen LogP contribution in [0, 0.1) is 0 Å². The van der Waals surface area contributed by atoms with E-state index in [1.807, 2.05) is 18.2 Å². The molecule has 36 heavy (non-hydrogen) atoms. The van der Waals surface area contributed by atoms with Crippen molar-refractivity contribution in [2.75, 3.05) is 5.32 Å². The molecule has 0 radical (unpaired) electrons. The first kappa shape index (κ1) is 26.2. The van der Waals surface area contributed by atoms with E-state index in [1.165, 1.54) is 11.6 Å². The lowest BCUT2D eigenvalue weighted by atomic mass is 10.0. The van der Waals surface area contributed by atoms with E-state index in [4.69, 9.17) is 56.2 Å². The van der Waals surface area contributed by atoms with Gasteiger partial charge in [0.05, 0.1) is 15.6 Å². The average molecular weight is 563 g/mol. The van der Waals surface area contributed by atoms with Crippen LogP contribution in [-0.4, -0.2) is 22.1 Å². The minimum atomic E-state index is -0.861. The summed E-state index contributed by atoms with van der Waals surface area (Å²) in [4.78, 5) is 17.2. The molecule has 1 amide bonds. The highest BCUT2D eigenvalue weighted by atomic mass is 35.5. The monoisotopic (exact) mass is 561 g/mol. The molecule has 186 valence electrons. The summed E-state index contributed by atoms with van der Waals surface area (Å²) in [5.41, 5.74) is 3.78. The number of halogens is 3. The average Bonchev–Trinajstić information content (AvgIpc) is 3.25. The van der Waals surface area contributed by atoms with Gasteiger partial charge in [0, 0.05) is 10.7 Å². The van der Waals surface area contributed by atoms with E-state index in [2.05, 4.69) is 29.5 Å². The van der Waals surface area contributed by atoms with Crippen LogP contribution in [0.4, 0.5) is 5.69 Å². The Hall–Kier alpha value is -2.84. The number of carbonyl (C=O) groups is 1. The number of hydrogen-bond acceptors (Lipinski definition) is 5. The maximum atomic E-state index is 12.6. The number of thiocarbonyl (C=S) groups is 1. The van der Waals surface area contributed by atoms with Gasteiger partial charge in [-0.2, -0.15) is 0 Å². The minimum absolute atomic E-state index is 0.0880. The van der Waals surface area contributed by atoms with Crippen molar-refractivity contribution >= 4 is 74.8 Å². The van der Waals surface area contributed by atoms with E-state index < -0.39 is 12.0 Å². The molecule has 4 rings (SSSR count). The lowest BCUT2D eigenvalue weighted by molar-refractivity contribution is -0.125. The van der Waals surface area contributed by atoms with Gasteiger partial charge in [-0.3, -0.25) is 10.1 Å². The minimum Gasteiger partial charge on any atom is -0.479 e. The summed E-state index contributed by atoms with van der Waals surface area (Å²) >= 11 is 23.8. The van der Waals surface area contributed by atoms with E-state index in [1.54, 1.807) is 37.3 Å². The van der Waals surface area contributed by atoms with Crippen molar-refractivity contribution < 1.29 is 13.9 Å². The van der Waals surface area contributed by atoms with Crippen molar-refractivity contribution in [1.29, 1.82) is 0 Å². The Bertz CT molecular complexity index is 1460. The molecule has 4 aromatic rings. The highest BCUT2D eigenvalue weighted by Gasteiger charge is 2.18. The predicted octanol–water partition coefficient (Wildman–Crippen LogP) is 7.86. The lowest BCUT2D eigenvalue weighted by Gasteiger charge is -2.17. The molecule has 2 N–H and O–H groups in total. The van der Waals surface area contributed by atoms with Gasteiger partial charge in [0.25, 0.3) is 5.91 Å². The molecule has 0 aliphatic carbocycles. The second-order valence-electron chi connectivity index (χ2n) is 8.37. The molecule has 0 saturated heterocycles. The van der Waals surface area contributed by atoms with Crippen LogP contribution in [0.2, 0.25) is 15.1 Å². The van der Waals surface area contributed by atoms with Crippen molar-refractivity contribution in [3.63, 3.8) is 0 Å². The van der Waals surface area contributed by atoms with E-state index in [0.29, 0.717) is 49.5 Å². The highest BCUT2D eigenvalue weighted by molar-refractivity contribution is 7.80. The van der Waals surface area contributed by atoms with Gasteiger partial charge in [-0.05, 0) is 79.2 Å². The van der Waals surface area contributed by atoms with Gasteiger partial charge in [-0.15, -0.1) is 0 Å². The number of aromatic nitrogens is 1. The third kappa shape index (κ3) is 6.10. The highest BCUT2D eigenvalue weighted by Crippen LogP contribution is 2.33. The molecule has 10 heteroatoms. The molecular weight excluding hydrogens is 541 g/mol. The number of ether oxygens (including phenoxy) is 1. The molecule has 1 heterocycles. The summed E-state index contributed by atoms with van der Waals surface area (Å²) in [5.74, 6) is 0.644. The van der Waals surface area contributed by atoms with E-state index in [-0.39, 0.29) is 5.11 Å². The van der Waals surface area contributed by atoms with Crippen molar-refractivity contribution in [3.8, 4) is 17.2 Å². The number of rotatable bonds is 6. The Morgan fingerprint density at radius 3 is 2.50 bits per heavy atom. The van der Waals surface area contributed by atoms with Gasteiger partial charge in [0.2, 0.25) is 5.89 Å². The van der Waals surface area contributed by atoms with Crippen molar-refractivity contribution in [2.24, 2.45) is 0 Å². The summed E-state index contributed by atoms with van der Waals surface area (Å²) in [7, 11) is 0. The number of carbonyl (C=O) groups excluding carboxylic acids is 1. The second kappa shape index (κ2) is 11.0. The number of anilines is 1. The number of fused-ring (bicyclic) bond motifs is 1. The Balaban J connectivity index is 1.45. The molecule has 0 aliphatic rings. The topological polar surface area (TPSA) is 76.4 Å². The zero-order valence-electron chi connectivity index (χ0n) is 19.6. The van der Waals surface area contributed by atoms with Crippen molar-refractivity contribution in [1.82, 2.24) is 10.3 Å². The predicted molar refractivity (Wildman–Crippen MR) is 149 cm³/mol. The largest absolute Gasteiger partial charge is 0.479 e. The van der Waals surface area contributed by atoms with Crippen molar-refractivity contribution in [3.05, 3.63) is 75.2 Å². The maximum absolute atomic E-state index is 12.6. The molecule has 3 aromatic carbocycles. The molecule has 1 unspecified atom stereocenters. The number of oxazole rings is 1. The lowest BCUT2D eigenvalue weighted by Crippen LogP contribution is -2.42. The first-order valence-corrected chi connectivity index (χ1v) is 12.6. The van der Waals surface area contributed by atoms with Gasteiger partial charge in [-0.25, -0.2) is 4.98 Å². The third-order valence-corrected chi connectivity index (χ3v) is 6.40. The third-order valence-electron chi connectivity index (χ3n) is 5.34. The molecule has 6 nitrogen and oxygen atoms in total. The summed E-state index contributed by atoms with van der Waals surface area (Å²) in [6, 6.07) is 15.9. The number of benzene rings is 3. The zero-order valence-corrected chi connectivity index (χ0v) is 22.6. The van der Waals surface area contributed by atoms with Crippen LogP contribution >= 0.6 is 47.0 Å². The molecule has 0 aliphatic heterocycles. The smallest absolute Gasteiger partial charge is 0.266 e. The Labute approximate surface area is 228 Å². The van der Waals surface area contributed by atoms with Crippen LogP contribution in [0.25, 0.3) is 22.6 Å². The van der Waals surface area contributed by atoms with Gasteiger partial charge >= 0.3 is 0 Å². The normalized spacial score (nSPS) is 12.0. The van der Waals surface area contributed by atoms with Crippen LogP contribution in [0.5, 0.6) is 5.75 Å². The summed E-state index contributed by atoms with van der Waals surface area (Å²) in [6.07, 6.45) is -0.861. The molecule has 1 aromatic heterocycles.